The third-order valence-electron chi connectivity index (χ3n) is 2.85. The number of rotatable bonds is 4. The number of hydrogen-bond acceptors (Lipinski definition) is 4. The molecule has 108 valence electrons. The van der Waals surface area contributed by atoms with Gasteiger partial charge in [-0.3, -0.25) is 14.9 Å². The minimum Gasteiger partial charge on any atom is -0.387 e. The van der Waals surface area contributed by atoms with Crippen molar-refractivity contribution in [1.82, 2.24) is 0 Å². The number of nitrogens with one attached hydrogen (secondary N) is 2. The van der Waals surface area contributed by atoms with Gasteiger partial charge in [-0.25, -0.2) is 0 Å². The number of nitro groups is 1. The maximum absolute atomic E-state index is 12.3. The zero-order chi connectivity index (χ0) is 15.4. The summed E-state index contributed by atoms with van der Waals surface area (Å²) in [7, 11) is 1.72. The summed E-state index contributed by atoms with van der Waals surface area (Å²) in [6.07, 6.45) is 0. The summed E-state index contributed by atoms with van der Waals surface area (Å²) in [6, 6.07) is 11.2. The number of amides is 1. The lowest BCUT2D eigenvalue weighted by molar-refractivity contribution is -0.384. The second-order valence-corrected chi connectivity index (χ2v) is 5.03. The number of halogens is 1. The average molecular weight is 350 g/mol. The van der Waals surface area contributed by atoms with Crippen LogP contribution in [0.25, 0.3) is 0 Å². The highest BCUT2D eigenvalue weighted by Crippen LogP contribution is 2.28. The summed E-state index contributed by atoms with van der Waals surface area (Å²) in [5, 5.41) is 16.4. The summed E-state index contributed by atoms with van der Waals surface area (Å²) >= 11 is 3.26. The maximum Gasteiger partial charge on any atom is 0.271 e. The van der Waals surface area contributed by atoms with E-state index in [1.165, 1.54) is 18.2 Å². The molecule has 0 bridgehead atoms. The van der Waals surface area contributed by atoms with Gasteiger partial charge in [0.25, 0.3) is 11.6 Å². The van der Waals surface area contributed by atoms with Gasteiger partial charge in [-0.05, 0) is 34.1 Å². The monoisotopic (exact) mass is 349 g/mol. The first kappa shape index (κ1) is 15.0. The second-order valence-electron chi connectivity index (χ2n) is 4.17. The predicted molar refractivity (Wildman–Crippen MR) is 84.7 cm³/mol. The van der Waals surface area contributed by atoms with Gasteiger partial charge in [0.15, 0.2) is 0 Å². The molecule has 0 unspecified atom stereocenters. The largest absolute Gasteiger partial charge is 0.387 e. The van der Waals surface area contributed by atoms with Crippen LogP contribution in [-0.2, 0) is 0 Å². The number of anilines is 2. The molecule has 21 heavy (non-hydrogen) atoms. The Morgan fingerprint density at radius 2 is 1.90 bits per heavy atom. The van der Waals surface area contributed by atoms with E-state index in [1.807, 2.05) is 6.07 Å². The number of nitro benzene ring substituents is 1. The number of benzene rings is 2. The number of hydrogen-bond donors (Lipinski definition) is 2. The van der Waals surface area contributed by atoms with Gasteiger partial charge in [0, 0.05) is 29.3 Å². The molecule has 0 aliphatic heterocycles. The van der Waals surface area contributed by atoms with Crippen LogP contribution >= 0.6 is 15.9 Å². The molecule has 7 heteroatoms. The van der Waals surface area contributed by atoms with E-state index in [9.17, 15) is 14.9 Å². The van der Waals surface area contributed by atoms with Crippen LogP contribution in [0.4, 0.5) is 17.1 Å². The van der Waals surface area contributed by atoms with Crippen molar-refractivity contribution in [3.05, 3.63) is 62.6 Å². The van der Waals surface area contributed by atoms with Crippen LogP contribution in [0, 0.1) is 10.1 Å². The van der Waals surface area contributed by atoms with E-state index in [0.717, 1.165) is 0 Å². The molecule has 0 saturated heterocycles. The molecule has 2 aromatic rings. The first-order chi connectivity index (χ1) is 10.0. The molecule has 6 nitrogen and oxygen atoms in total. The summed E-state index contributed by atoms with van der Waals surface area (Å²) < 4.78 is 0.573. The van der Waals surface area contributed by atoms with Gasteiger partial charge in [-0.15, -0.1) is 0 Å². The Balaban J connectivity index is 2.31. The average Bonchev–Trinajstić information content (AvgIpc) is 2.49. The zero-order valence-electron chi connectivity index (χ0n) is 11.1. The van der Waals surface area contributed by atoms with Crippen LogP contribution in [0.5, 0.6) is 0 Å². The van der Waals surface area contributed by atoms with Crippen molar-refractivity contribution in [3.63, 3.8) is 0 Å². The first-order valence-corrected chi connectivity index (χ1v) is 6.84. The minimum absolute atomic E-state index is 0.0876. The number of carbonyl (C=O) groups is 1. The van der Waals surface area contributed by atoms with Crippen molar-refractivity contribution in [1.29, 1.82) is 0 Å². The number of non-ortho nitro benzene ring substituents is 1. The molecular formula is C14H12BrN3O3. The van der Waals surface area contributed by atoms with Gasteiger partial charge in [0.05, 0.1) is 16.2 Å². The van der Waals surface area contributed by atoms with Crippen molar-refractivity contribution in [2.45, 2.75) is 0 Å². The van der Waals surface area contributed by atoms with E-state index in [1.54, 1.807) is 25.2 Å². The van der Waals surface area contributed by atoms with E-state index in [2.05, 4.69) is 26.6 Å². The van der Waals surface area contributed by atoms with E-state index in [4.69, 9.17) is 0 Å². The summed E-state index contributed by atoms with van der Waals surface area (Å²) in [4.78, 5) is 22.6. The molecule has 2 rings (SSSR count). The summed E-state index contributed by atoms with van der Waals surface area (Å²) in [5.74, 6) is -0.346. The van der Waals surface area contributed by atoms with E-state index in [0.29, 0.717) is 21.4 Å². The normalized spacial score (nSPS) is 10.0. The van der Waals surface area contributed by atoms with Crippen molar-refractivity contribution in [2.75, 3.05) is 17.7 Å². The number of nitrogens with zero attached hydrogens (tertiary/aromatic N) is 1. The van der Waals surface area contributed by atoms with Gasteiger partial charge < -0.3 is 10.6 Å². The molecule has 1 amide bonds. The SMILES string of the molecule is CNc1ccccc1C(=O)Nc1cc([N+](=O)[O-])ccc1Br. The van der Waals surface area contributed by atoms with Crippen molar-refractivity contribution in [3.8, 4) is 0 Å². The summed E-state index contributed by atoms with van der Waals surface area (Å²) in [5.41, 5.74) is 1.39. The molecule has 0 radical (unpaired) electrons. The maximum atomic E-state index is 12.3. The quantitative estimate of drug-likeness (QED) is 0.651. The predicted octanol–water partition coefficient (Wildman–Crippen LogP) is 3.65. The molecule has 0 heterocycles. The lowest BCUT2D eigenvalue weighted by Crippen LogP contribution is -2.14. The molecule has 2 N–H and O–H groups in total. The van der Waals surface area contributed by atoms with Gasteiger partial charge in [-0.1, -0.05) is 12.1 Å². The Labute approximate surface area is 129 Å². The van der Waals surface area contributed by atoms with Crippen LogP contribution in [0.3, 0.4) is 0 Å². The van der Waals surface area contributed by atoms with Gasteiger partial charge in [0.1, 0.15) is 0 Å². The Kier molecular flexibility index (Phi) is 4.54. The first-order valence-electron chi connectivity index (χ1n) is 6.05. The molecule has 0 aliphatic rings. The van der Waals surface area contributed by atoms with E-state index < -0.39 is 4.92 Å². The van der Waals surface area contributed by atoms with Crippen LogP contribution in [0.2, 0.25) is 0 Å². The Bertz CT molecular complexity index is 704. The van der Waals surface area contributed by atoms with E-state index >= 15 is 0 Å². The van der Waals surface area contributed by atoms with Crippen molar-refractivity contribution < 1.29 is 9.72 Å². The minimum atomic E-state index is -0.510. The molecule has 0 aliphatic carbocycles. The smallest absolute Gasteiger partial charge is 0.271 e. The number of carbonyl (C=O) groups excluding carboxylic acids is 1. The molecule has 0 spiro atoms. The van der Waals surface area contributed by atoms with E-state index in [-0.39, 0.29) is 11.6 Å². The molecular weight excluding hydrogens is 338 g/mol. The van der Waals surface area contributed by atoms with Gasteiger partial charge >= 0.3 is 0 Å². The lowest BCUT2D eigenvalue weighted by atomic mass is 10.1. The third-order valence-corrected chi connectivity index (χ3v) is 3.54. The highest BCUT2D eigenvalue weighted by atomic mass is 79.9. The van der Waals surface area contributed by atoms with Crippen LogP contribution in [0.1, 0.15) is 10.4 Å². The summed E-state index contributed by atoms with van der Waals surface area (Å²) in [6.45, 7) is 0. The van der Waals surface area contributed by atoms with Crippen molar-refractivity contribution >= 4 is 38.9 Å². The van der Waals surface area contributed by atoms with Gasteiger partial charge in [0.2, 0.25) is 0 Å². The Morgan fingerprint density at radius 1 is 1.19 bits per heavy atom. The standard InChI is InChI=1S/C14H12BrN3O3/c1-16-12-5-3-2-4-10(12)14(19)17-13-8-9(18(20)21)6-7-11(13)15/h2-8,16H,1H3,(H,17,19). The second kappa shape index (κ2) is 6.36. The van der Waals surface area contributed by atoms with Crippen LogP contribution < -0.4 is 10.6 Å². The molecule has 0 saturated carbocycles. The molecule has 0 aromatic heterocycles. The number of para-hydroxylation sites is 1. The van der Waals surface area contributed by atoms with Crippen molar-refractivity contribution in [2.24, 2.45) is 0 Å². The Hall–Kier alpha value is -2.41. The third kappa shape index (κ3) is 3.38. The molecule has 0 fully saturated rings. The zero-order valence-corrected chi connectivity index (χ0v) is 12.7. The fraction of sp³-hybridized carbons (Fsp3) is 0.0714. The molecule has 0 atom stereocenters. The molecule has 2 aromatic carbocycles. The van der Waals surface area contributed by atoms with Crippen LogP contribution in [0.15, 0.2) is 46.9 Å². The van der Waals surface area contributed by atoms with Gasteiger partial charge in [-0.2, -0.15) is 0 Å². The van der Waals surface area contributed by atoms with Crippen LogP contribution in [-0.4, -0.2) is 17.9 Å². The highest BCUT2D eigenvalue weighted by Gasteiger charge is 2.14. The topological polar surface area (TPSA) is 84.3 Å². The highest BCUT2D eigenvalue weighted by molar-refractivity contribution is 9.10. The fourth-order valence-electron chi connectivity index (χ4n) is 1.81. The fourth-order valence-corrected chi connectivity index (χ4v) is 2.16. The lowest BCUT2D eigenvalue weighted by Gasteiger charge is -2.10. The Morgan fingerprint density at radius 3 is 2.57 bits per heavy atom.